The summed E-state index contributed by atoms with van der Waals surface area (Å²) in [4.78, 5) is 38.5. The van der Waals surface area contributed by atoms with E-state index >= 15 is 0 Å². The lowest BCUT2D eigenvalue weighted by molar-refractivity contribution is -0.163. The van der Waals surface area contributed by atoms with Crippen LogP contribution in [0, 0.1) is 17.2 Å². The van der Waals surface area contributed by atoms with Gasteiger partial charge in [0, 0.05) is 5.56 Å². The Balaban J connectivity index is 3.72. The molecule has 1 aromatic rings. The van der Waals surface area contributed by atoms with Crippen molar-refractivity contribution in [2.75, 3.05) is 13.2 Å². The number of alkyl carbamates (subject to hydrolysis) is 1. The fourth-order valence-corrected chi connectivity index (χ4v) is 2.89. The van der Waals surface area contributed by atoms with Crippen LogP contribution in [0.25, 0.3) is 0 Å². The molecular formula is C24H34N2O7. The minimum absolute atomic E-state index is 0.0114. The van der Waals surface area contributed by atoms with E-state index in [2.05, 4.69) is 5.32 Å². The molecule has 1 amide bonds. The SMILES string of the molecule is CCOC(=O)C(C(=O)OCC)C(NC(=O)OC(C)(C)C)c1cc(C#N)ccc1OC(C)(C)C. The Labute approximate surface area is 195 Å². The third kappa shape index (κ3) is 9.00. The van der Waals surface area contributed by atoms with Gasteiger partial charge in [-0.25, -0.2) is 4.79 Å². The van der Waals surface area contributed by atoms with Gasteiger partial charge in [-0.15, -0.1) is 0 Å². The average Bonchev–Trinajstić information content (AvgIpc) is 2.65. The highest BCUT2D eigenvalue weighted by atomic mass is 16.6. The first-order valence-electron chi connectivity index (χ1n) is 10.8. The number of ether oxygens (including phenoxy) is 4. The van der Waals surface area contributed by atoms with Crippen LogP contribution in [0.3, 0.4) is 0 Å². The van der Waals surface area contributed by atoms with Crippen molar-refractivity contribution >= 4 is 18.0 Å². The van der Waals surface area contributed by atoms with Gasteiger partial charge in [-0.05, 0) is 73.6 Å². The number of nitriles is 1. The molecule has 0 spiro atoms. The lowest BCUT2D eigenvalue weighted by Gasteiger charge is -2.30. The van der Waals surface area contributed by atoms with E-state index in [4.69, 9.17) is 18.9 Å². The molecule has 9 nitrogen and oxygen atoms in total. The van der Waals surface area contributed by atoms with Gasteiger partial charge in [-0.2, -0.15) is 5.26 Å². The molecular weight excluding hydrogens is 428 g/mol. The molecule has 1 rings (SSSR count). The van der Waals surface area contributed by atoms with Gasteiger partial charge in [0.25, 0.3) is 0 Å². The quantitative estimate of drug-likeness (QED) is 0.349. The molecule has 0 bridgehead atoms. The smallest absolute Gasteiger partial charge is 0.408 e. The summed E-state index contributed by atoms with van der Waals surface area (Å²) in [7, 11) is 0. The Bertz CT molecular complexity index is 874. The molecule has 0 radical (unpaired) electrons. The first-order valence-corrected chi connectivity index (χ1v) is 10.8. The zero-order chi connectivity index (χ0) is 25.4. The largest absolute Gasteiger partial charge is 0.488 e. The predicted octanol–water partition coefficient (Wildman–Crippen LogP) is 4.04. The highest BCUT2D eigenvalue weighted by Gasteiger charge is 2.42. The van der Waals surface area contributed by atoms with Gasteiger partial charge in [-0.3, -0.25) is 9.59 Å². The van der Waals surface area contributed by atoms with Crippen molar-refractivity contribution in [3.05, 3.63) is 29.3 Å². The van der Waals surface area contributed by atoms with E-state index in [9.17, 15) is 19.6 Å². The summed E-state index contributed by atoms with van der Waals surface area (Å²) in [6, 6.07) is 5.28. The number of carbonyl (C=O) groups excluding carboxylic acids is 3. The van der Waals surface area contributed by atoms with E-state index in [0.29, 0.717) is 0 Å². The second-order valence-corrected chi connectivity index (χ2v) is 9.18. The maximum atomic E-state index is 12.9. The number of nitrogens with one attached hydrogen (secondary N) is 1. The van der Waals surface area contributed by atoms with Crippen LogP contribution in [0.2, 0.25) is 0 Å². The van der Waals surface area contributed by atoms with Crippen molar-refractivity contribution in [2.45, 2.75) is 72.6 Å². The summed E-state index contributed by atoms with van der Waals surface area (Å²) in [5.74, 6) is -3.06. The van der Waals surface area contributed by atoms with Crippen LogP contribution in [0.15, 0.2) is 18.2 Å². The zero-order valence-corrected chi connectivity index (χ0v) is 20.6. The molecule has 0 heterocycles. The molecule has 33 heavy (non-hydrogen) atoms. The van der Waals surface area contributed by atoms with Gasteiger partial charge < -0.3 is 24.3 Å². The third-order valence-corrected chi connectivity index (χ3v) is 3.98. The molecule has 1 aromatic carbocycles. The molecule has 182 valence electrons. The van der Waals surface area contributed by atoms with Crippen molar-refractivity contribution in [1.29, 1.82) is 5.26 Å². The van der Waals surface area contributed by atoms with E-state index < -0.39 is 41.2 Å². The number of carbonyl (C=O) groups is 3. The van der Waals surface area contributed by atoms with Crippen LogP contribution in [0.4, 0.5) is 4.79 Å². The van der Waals surface area contributed by atoms with Crippen molar-refractivity contribution in [2.24, 2.45) is 5.92 Å². The summed E-state index contributed by atoms with van der Waals surface area (Å²) in [6.45, 7) is 13.7. The Hall–Kier alpha value is -3.28. The van der Waals surface area contributed by atoms with Crippen molar-refractivity contribution in [1.82, 2.24) is 5.32 Å². The fraction of sp³-hybridized carbons (Fsp3) is 0.583. The molecule has 0 aliphatic heterocycles. The van der Waals surface area contributed by atoms with Gasteiger partial charge in [0.2, 0.25) is 0 Å². The number of esters is 2. The predicted molar refractivity (Wildman–Crippen MR) is 120 cm³/mol. The zero-order valence-electron chi connectivity index (χ0n) is 20.6. The topological polar surface area (TPSA) is 124 Å². The van der Waals surface area contributed by atoms with E-state index in [0.717, 1.165) is 0 Å². The van der Waals surface area contributed by atoms with Crippen LogP contribution in [0.1, 0.15) is 72.6 Å². The number of benzene rings is 1. The van der Waals surface area contributed by atoms with Crippen LogP contribution in [-0.4, -0.2) is 42.4 Å². The van der Waals surface area contributed by atoms with E-state index in [1.165, 1.54) is 6.07 Å². The molecule has 0 aromatic heterocycles. The molecule has 0 fully saturated rings. The standard InChI is InChI=1S/C24H34N2O7/c1-9-30-20(27)18(21(28)31-10-2)19(26-22(29)33-24(6,7)8)16-13-15(14-25)11-12-17(16)32-23(3,4)5/h11-13,18-19H,9-10H2,1-8H3,(H,26,29). The highest BCUT2D eigenvalue weighted by Crippen LogP contribution is 2.35. The van der Waals surface area contributed by atoms with Gasteiger partial charge >= 0.3 is 18.0 Å². The van der Waals surface area contributed by atoms with Gasteiger partial charge in [0.05, 0.1) is 30.9 Å². The maximum Gasteiger partial charge on any atom is 0.408 e. The van der Waals surface area contributed by atoms with Gasteiger partial charge in [0.1, 0.15) is 17.0 Å². The minimum Gasteiger partial charge on any atom is -0.488 e. The number of hydrogen-bond donors (Lipinski definition) is 1. The normalized spacial score (nSPS) is 12.4. The Morgan fingerprint density at radius 3 is 1.94 bits per heavy atom. The van der Waals surface area contributed by atoms with Gasteiger partial charge in [0.15, 0.2) is 5.92 Å². The van der Waals surface area contributed by atoms with E-state index in [1.807, 2.05) is 26.8 Å². The molecule has 0 saturated carbocycles. The maximum absolute atomic E-state index is 12.9. The third-order valence-electron chi connectivity index (χ3n) is 3.98. The first-order chi connectivity index (χ1) is 15.2. The average molecular weight is 463 g/mol. The first kappa shape index (κ1) is 27.8. The van der Waals surface area contributed by atoms with E-state index in [-0.39, 0.29) is 30.1 Å². The van der Waals surface area contributed by atoms with Crippen LogP contribution >= 0.6 is 0 Å². The Kier molecular flexibility index (Phi) is 9.71. The van der Waals surface area contributed by atoms with Crippen LogP contribution in [-0.2, 0) is 23.8 Å². The van der Waals surface area contributed by atoms with Crippen molar-refractivity contribution in [3.63, 3.8) is 0 Å². The number of rotatable bonds is 8. The molecule has 1 atom stereocenters. The Morgan fingerprint density at radius 1 is 0.970 bits per heavy atom. The molecule has 1 unspecified atom stereocenters. The second kappa shape index (κ2) is 11.5. The molecule has 0 saturated heterocycles. The highest BCUT2D eigenvalue weighted by molar-refractivity contribution is 5.96. The molecule has 0 aliphatic carbocycles. The molecule has 1 N–H and O–H groups in total. The summed E-state index contributed by atoms with van der Waals surface area (Å²) in [5.41, 5.74) is -1.00. The monoisotopic (exact) mass is 462 g/mol. The number of nitrogens with zero attached hydrogens (tertiary/aromatic N) is 1. The number of amides is 1. The number of hydrogen-bond acceptors (Lipinski definition) is 8. The molecule has 9 heteroatoms. The Morgan fingerprint density at radius 2 is 1.52 bits per heavy atom. The summed E-state index contributed by atoms with van der Waals surface area (Å²) < 4.78 is 21.6. The van der Waals surface area contributed by atoms with Crippen molar-refractivity contribution < 1.29 is 33.3 Å². The van der Waals surface area contributed by atoms with Crippen molar-refractivity contribution in [3.8, 4) is 11.8 Å². The molecule has 0 aliphatic rings. The fourth-order valence-electron chi connectivity index (χ4n) is 2.89. The minimum atomic E-state index is -1.56. The lowest BCUT2D eigenvalue weighted by atomic mass is 9.91. The van der Waals surface area contributed by atoms with E-state index in [1.54, 1.807) is 46.8 Å². The lowest BCUT2D eigenvalue weighted by Crippen LogP contribution is -2.44. The van der Waals surface area contributed by atoms with Gasteiger partial charge in [-0.1, -0.05) is 0 Å². The summed E-state index contributed by atoms with van der Waals surface area (Å²) in [5, 5.41) is 12.0. The second-order valence-electron chi connectivity index (χ2n) is 9.18. The van der Waals surface area contributed by atoms with Crippen LogP contribution < -0.4 is 10.1 Å². The summed E-state index contributed by atoms with van der Waals surface area (Å²) >= 11 is 0. The van der Waals surface area contributed by atoms with Crippen LogP contribution in [0.5, 0.6) is 5.75 Å². The summed E-state index contributed by atoms with van der Waals surface area (Å²) in [6.07, 6.45) is -0.866.